The molecular weight excluding hydrogens is 276 g/mol. The lowest BCUT2D eigenvalue weighted by Gasteiger charge is -2.43. The number of ketones is 1. The number of hydrogen-bond acceptors (Lipinski definition) is 5. The molecule has 0 saturated carbocycles. The molecular formula is C14H28O5Si. The Morgan fingerprint density at radius 1 is 1.20 bits per heavy atom. The molecule has 0 aromatic carbocycles. The van der Waals surface area contributed by atoms with E-state index < -0.39 is 37.7 Å². The van der Waals surface area contributed by atoms with Crippen LogP contribution in [0, 0.1) is 5.92 Å². The highest BCUT2D eigenvalue weighted by atomic mass is 28.3. The predicted octanol–water partition coefficient (Wildman–Crippen LogP) is 0.911. The second kappa shape index (κ2) is 6.93. The van der Waals surface area contributed by atoms with Gasteiger partial charge in [-0.1, -0.05) is 33.9 Å². The van der Waals surface area contributed by atoms with Gasteiger partial charge in [-0.3, -0.25) is 4.79 Å². The summed E-state index contributed by atoms with van der Waals surface area (Å²) >= 11 is 0. The van der Waals surface area contributed by atoms with Crippen molar-refractivity contribution in [3.63, 3.8) is 0 Å². The van der Waals surface area contributed by atoms with Gasteiger partial charge in [-0.15, -0.1) is 0 Å². The lowest BCUT2D eigenvalue weighted by atomic mass is 9.95. The fourth-order valence-corrected chi connectivity index (χ4v) is 3.79. The van der Waals surface area contributed by atoms with Gasteiger partial charge in [0.1, 0.15) is 12.4 Å². The van der Waals surface area contributed by atoms with Crippen molar-refractivity contribution in [2.45, 2.75) is 70.2 Å². The van der Waals surface area contributed by atoms with Crippen molar-refractivity contribution in [1.82, 2.24) is 0 Å². The number of Topliss-reactive ketones (excluding diaryl/α,β-unsaturated/α-hetero) is 1. The largest absolute Gasteiger partial charge is 0.394 e. The maximum atomic E-state index is 11.1. The minimum absolute atomic E-state index is 0.153. The molecule has 0 saturated heterocycles. The van der Waals surface area contributed by atoms with Crippen LogP contribution in [0.5, 0.6) is 0 Å². The molecule has 6 heteroatoms. The highest BCUT2D eigenvalue weighted by Gasteiger charge is 2.46. The van der Waals surface area contributed by atoms with Crippen LogP contribution >= 0.6 is 0 Å². The molecule has 5 nitrogen and oxygen atoms in total. The number of aliphatic hydroxyl groups is 3. The van der Waals surface area contributed by atoms with Crippen LogP contribution in [0.4, 0.5) is 0 Å². The molecule has 0 aliphatic rings. The predicted molar refractivity (Wildman–Crippen MR) is 80.1 cm³/mol. The van der Waals surface area contributed by atoms with Crippen molar-refractivity contribution in [2.75, 3.05) is 0 Å². The van der Waals surface area contributed by atoms with E-state index >= 15 is 0 Å². The summed E-state index contributed by atoms with van der Waals surface area (Å²) in [6.07, 6.45) is -2.20. The minimum atomic E-state index is -2.25. The standard InChI is InChI=1S/C14H28O5Si/c1-9(16)11(17)7-10(8-15)12(18)13(19)20(5,6)14(2,3)4/h8,10-13,17-19H,7H2,1-6H3/t10-,11?,12-,13?/m1/s1. The lowest BCUT2D eigenvalue weighted by Crippen LogP contribution is -2.57. The zero-order valence-corrected chi connectivity index (χ0v) is 14.3. The first kappa shape index (κ1) is 19.4. The highest BCUT2D eigenvalue weighted by Crippen LogP contribution is 2.39. The van der Waals surface area contributed by atoms with Gasteiger partial charge in [-0.25, -0.2) is 0 Å². The quantitative estimate of drug-likeness (QED) is 0.480. The number of aldehydes is 1. The highest BCUT2D eigenvalue weighted by molar-refractivity contribution is 6.81. The number of hydrogen-bond donors (Lipinski definition) is 3. The summed E-state index contributed by atoms with van der Waals surface area (Å²) in [6.45, 7) is 11.1. The molecule has 0 amide bonds. The van der Waals surface area contributed by atoms with E-state index in [9.17, 15) is 24.9 Å². The molecule has 3 N–H and O–H groups in total. The molecule has 0 bridgehead atoms. The minimum Gasteiger partial charge on any atom is -0.394 e. The van der Waals surface area contributed by atoms with E-state index in [0.717, 1.165) is 0 Å². The molecule has 0 aliphatic carbocycles. The van der Waals surface area contributed by atoms with Crippen molar-refractivity contribution in [1.29, 1.82) is 0 Å². The van der Waals surface area contributed by atoms with Crippen LogP contribution in [0.1, 0.15) is 34.1 Å². The topological polar surface area (TPSA) is 94.8 Å². The Bertz CT molecular complexity index is 348. The summed E-state index contributed by atoms with van der Waals surface area (Å²) in [5.74, 6) is -1.40. The van der Waals surface area contributed by atoms with Crippen LogP contribution in [-0.4, -0.2) is 53.4 Å². The average molecular weight is 304 g/mol. The Labute approximate surface area is 122 Å². The molecule has 0 rings (SSSR count). The number of carbonyl (C=O) groups is 2. The maximum Gasteiger partial charge on any atom is 0.158 e. The number of carbonyl (C=O) groups excluding carboxylic acids is 2. The van der Waals surface area contributed by atoms with Crippen LogP contribution in [-0.2, 0) is 9.59 Å². The Morgan fingerprint density at radius 3 is 1.95 bits per heavy atom. The van der Waals surface area contributed by atoms with E-state index in [1.54, 1.807) is 0 Å². The van der Waals surface area contributed by atoms with E-state index in [4.69, 9.17) is 0 Å². The van der Waals surface area contributed by atoms with Crippen LogP contribution in [0.25, 0.3) is 0 Å². The van der Waals surface area contributed by atoms with Gasteiger partial charge in [0.05, 0.1) is 19.9 Å². The van der Waals surface area contributed by atoms with E-state index in [0.29, 0.717) is 6.29 Å². The Kier molecular flexibility index (Phi) is 6.74. The summed E-state index contributed by atoms with van der Waals surface area (Å²) in [4.78, 5) is 22.1. The molecule has 0 aromatic heterocycles. The first-order valence-electron chi connectivity index (χ1n) is 6.86. The molecule has 118 valence electrons. The van der Waals surface area contributed by atoms with Crippen molar-refractivity contribution in [3.05, 3.63) is 0 Å². The fourth-order valence-electron chi connectivity index (χ4n) is 1.80. The SMILES string of the molecule is CC(=O)C(O)C[C@H](C=O)[C@@H](O)C(O)[Si](C)(C)C(C)(C)C. The molecule has 0 aromatic rings. The van der Waals surface area contributed by atoms with Crippen LogP contribution in [0.3, 0.4) is 0 Å². The molecule has 0 spiro atoms. The van der Waals surface area contributed by atoms with E-state index in [-0.39, 0.29) is 11.5 Å². The first-order valence-corrected chi connectivity index (χ1v) is 9.94. The van der Waals surface area contributed by atoms with Crippen LogP contribution < -0.4 is 0 Å². The van der Waals surface area contributed by atoms with Gasteiger partial charge in [0.2, 0.25) is 0 Å². The molecule has 20 heavy (non-hydrogen) atoms. The van der Waals surface area contributed by atoms with Gasteiger partial charge >= 0.3 is 0 Å². The van der Waals surface area contributed by atoms with Gasteiger partial charge in [-0.05, 0) is 18.4 Å². The second-order valence-corrected chi connectivity index (χ2v) is 12.6. The Balaban J connectivity index is 5.06. The monoisotopic (exact) mass is 304 g/mol. The third-order valence-corrected chi connectivity index (χ3v) is 10.3. The van der Waals surface area contributed by atoms with Gasteiger partial charge < -0.3 is 20.1 Å². The fraction of sp³-hybridized carbons (Fsp3) is 0.857. The van der Waals surface area contributed by atoms with E-state index in [2.05, 4.69) is 0 Å². The summed E-state index contributed by atoms with van der Waals surface area (Å²) in [7, 11) is -2.25. The third-order valence-electron chi connectivity index (χ3n) is 4.57. The molecule has 0 radical (unpaired) electrons. The van der Waals surface area contributed by atoms with Gasteiger partial charge in [0.15, 0.2) is 5.78 Å². The number of aliphatic hydroxyl groups excluding tert-OH is 3. The molecule has 4 atom stereocenters. The first-order chi connectivity index (χ1) is 8.86. The Morgan fingerprint density at radius 2 is 1.65 bits per heavy atom. The van der Waals surface area contributed by atoms with Gasteiger partial charge in [0.25, 0.3) is 0 Å². The molecule has 2 unspecified atom stereocenters. The maximum absolute atomic E-state index is 11.1. The third kappa shape index (κ3) is 4.48. The van der Waals surface area contributed by atoms with Crippen molar-refractivity contribution in [2.24, 2.45) is 5.92 Å². The summed E-state index contributed by atoms with van der Waals surface area (Å²) < 4.78 is 0. The smallest absolute Gasteiger partial charge is 0.158 e. The van der Waals surface area contributed by atoms with Crippen molar-refractivity contribution in [3.8, 4) is 0 Å². The van der Waals surface area contributed by atoms with E-state index in [1.807, 2.05) is 33.9 Å². The van der Waals surface area contributed by atoms with E-state index in [1.165, 1.54) is 6.92 Å². The Hall–Kier alpha value is -0.563. The zero-order valence-electron chi connectivity index (χ0n) is 13.3. The summed E-state index contributed by atoms with van der Waals surface area (Å²) in [5.41, 5.74) is -1.00. The second-order valence-electron chi connectivity index (χ2n) is 7.07. The molecule has 0 fully saturated rings. The molecule has 0 heterocycles. The van der Waals surface area contributed by atoms with Crippen molar-refractivity contribution < 1.29 is 24.9 Å². The zero-order chi connectivity index (χ0) is 16.3. The van der Waals surface area contributed by atoms with Gasteiger partial charge in [-0.2, -0.15) is 0 Å². The lowest BCUT2D eigenvalue weighted by molar-refractivity contribution is -0.128. The average Bonchev–Trinajstić information content (AvgIpc) is 2.32. The summed E-state index contributed by atoms with van der Waals surface area (Å²) in [5, 5.41) is 30.0. The van der Waals surface area contributed by atoms with Crippen LogP contribution in [0.2, 0.25) is 18.1 Å². The number of rotatable bonds is 7. The van der Waals surface area contributed by atoms with Crippen molar-refractivity contribution >= 4 is 20.1 Å². The van der Waals surface area contributed by atoms with Gasteiger partial charge in [0, 0.05) is 5.92 Å². The normalized spacial score (nSPS) is 19.1. The molecule has 0 aliphatic heterocycles. The summed E-state index contributed by atoms with van der Waals surface area (Å²) in [6, 6.07) is 0. The van der Waals surface area contributed by atoms with Crippen LogP contribution in [0.15, 0.2) is 0 Å².